The molecule has 0 aromatic heterocycles. The van der Waals surface area contributed by atoms with Crippen molar-refractivity contribution in [2.45, 2.75) is 33.8 Å². The van der Waals surface area contributed by atoms with E-state index in [0.717, 1.165) is 5.57 Å². The zero-order valence-electron chi connectivity index (χ0n) is 7.84. The van der Waals surface area contributed by atoms with Crippen LogP contribution >= 0.6 is 0 Å². The van der Waals surface area contributed by atoms with E-state index in [0.29, 0.717) is 5.57 Å². The van der Waals surface area contributed by atoms with E-state index in [4.69, 9.17) is 10.00 Å². The van der Waals surface area contributed by atoms with Gasteiger partial charge in [0.25, 0.3) is 0 Å². The predicted octanol–water partition coefficient (Wildman–Crippen LogP) is 1.80. The van der Waals surface area contributed by atoms with Crippen molar-refractivity contribution in [3.63, 3.8) is 0 Å². The highest BCUT2D eigenvalue weighted by atomic mass is 16.5. The molecule has 3 nitrogen and oxygen atoms in total. The standard InChI is InChI=1S/C9H13NO2/c1-6(2)8(4)9(11)12-7(3)5-10/h7H,1-4H3. The van der Waals surface area contributed by atoms with E-state index in [1.54, 1.807) is 6.92 Å². The van der Waals surface area contributed by atoms with Crippen molar-refractivity contribution >= 4 is 5.97 Å². The summed E-state index contributed by atoms with van der Waals surface area (Å²) in [6, 6.07) is 1.82. The molecule has 66 valence electrons. The van der Waals surface area contributed by atoms with Crippen LogP contribution in [0.2, 0.25) is 0 Å². The van der Waals surface area contributed by atoms with Crippen LogP contribution in [0.4, 0.5) is 0 Å². The zero-order chi connectivity index (χ0) is 9.72. The van der Waals surface area contributed by atoms with Gasteiger partial charge < -0.3 is 4.74 Å². The molecule has 0 aliphatic rings. The van der Waals surface area contributed by atoms with Gasteiger partial charge in [0.2, 0.25) is 0 Å². The number of carbonyl (C=O) groups is 1. The maximum Gasteiger partial charge on any atom is 0.334 e. The maximum atomic E-state index is 11.1. The number of hydrogen-bond donors (Lipinski definition) is 0. The fraction of sp³-hybridized carbons (Fsp3) is 0.556. The number of allylic oxidation sites excluding steroid dienone is 1. The Bertz CT molecular complexity index is 244. The van der Waals surface area contributed by atoms with Gasteiger partial charge in [-0.2, -0.15) is 5.26 Å². The third-order valence-corrected chi connectivity index (χ3v) is 1.52. The van der Waals surface area contributed by atoms with E-state index >= 15 is 0 Å². The number of hydrogen-bond acceptors (Lipinski definition) is 3. The van der Waals surface area contributed by atoms with Gasteiger partial charge in [-0.25, -0.2) is 4.79 Å². The van der Waals surface area contributed by atoms with E-state index in [9.17, 15) is 4.79 Å². The third-order valence-electron chi connectivity index (χ3n) is 1.52. The lowest BCUT2D eigenvalue weighted by Gasteiger charge is -2.06. The Balaban J connectivity index is 4.27. The topological polar surface area (TPSA) is 50.1 Å². The van der Waals surface area contributed by atoms with Crippen molar-refractivity contribution in [3.05, 3.63) is 11.1 Å². The molecule has 0 aromatic rings. The molecule has 1 unspecified atom stereocenters. The summed E-state index contributed by atoms with van der Waals surface area (Å²) < 4.78 is 4.76. The molecule has 0 bridgehead atoms. The Hall–Kier alpha value is -1.30. The van der Waals surface area contributed by atoms with Crippen LogP contribution in [0.1, 0.15) is 27.7 Å². The smallest absolute Gasteiger partial charge is 0.334 e. The molecule has 0 N–H and O–H groups in total. The van der Waals surface area contributed by atoms with Gasteiger partial charge in [0.15, 0.2) is 6.10 Å². The minimum absolute atomic E-state index is 0.413. The van der Waals surface area contributed by atoms with E-state index in [2.05, 4.69) is 0 Å². The second-order valence-corrected chi connectivity index (χ2v) is 2.80. The van der Waals surface area contributed by atoms with Crippen LogP contribution in [0.15, 0.2) is 11.1 Å². The largest absolute Gasteiger partial charge is 0.444 e. The Morgan fingerprint density at radius 2 is 1.92 bits per heavy atom. The molecule has 0 aliphatic heterocycles. The molecule has 0 fully saturated rings. The second kappa shape index (κ2) is 4.55. The van der Waals surface area contributed by atoms with Crippen molar-refractivity contribution in [3.8, 4) is 6.07 Å². The highest BCUT2D eigenvalue weighted by Gasteiger charge is 2.10. The first-order valence-corrected chi connectivity index (χ1v) is 3.73. The quantitative estimate of drug-likeness (QED) is 0.465. The van der Waals surface area contributed by atoms with Crippen molar-refractivity contribution in [1.29, 1.82) is 5.26 Å². The van der Waals surface area contributed by atoms with Crippen LogP contribution in [-0.4, -0.2) is 12.1 Å². The summed E-state index contributed by atoms with van der Waals surface area (Å²) in [6.07, 6.45) is -0.674. The van der Waals surface area contributed by atoms with E-state index in [-0.39, 0.29) is 0 Å². The molecule has 12 heavy (non-hydrogen) atoms. The molecule has 0 aromatic carbocycles. The summed E-state index contributed by atoms with van der Waals surface area (Å²) in [6.45, 7) is 6.87. The normalized spacial score (nSPS) is 11.2. The van der Waals surface area contributed by atoms with Gasteiger partial charge in [-0.05, 0) is 27.7 Å². The summed E-state index contributed by atoms with van der Waals surface area (Å²) in [7, 11) is 0. The number of esters is 1. The number of rotatable bonds is 2. The average Bonchev–Trinajstić information content (AvgIpc) is 2.02. The summed E-state index contributed by atoms with van der Waals surface area (Å²) >= 11 is 0. The van der Waals surface area contributed by atoms with Crippen molar-refractivity contribution < 1.29 is 9.53 Å². The number of nitriles is 1. The van der Waals surface area contributed by atoms with Gasteiger partial charge in [-0.15, -0.1) is 0 Å². The number of nitrogens with zero attached hydrogens (tertiary/aromatic N) is 1. The Labute approximate surface area is 72.6 Å². The summed E-state index contributed by atoms with van der Waals surface area (Å²) in [5.41, 5.74) is 1.47. The highest BCUT2D eigenvalue weighted by molar-refractivity contribution is 5.88. The zero-order valence-corrected chi connectivity index (χ0v) is 7.84. The molecule has 0 amide bonds. The van der Waals surface area contributed by atoms with Crippen LogP contribution in [0.3, 0.4) is 0 Å². The van der Waals surface area contributed by atoms with Crippen LogP contribution in [-0.2, 0) is 9.53 Å². The molecule has 0 rings (SSSR count). The lowest BCUT2D eigenvalue weighted by molar-refractivity contribution is -0.141. The van der Waals surface area contributed by atoms with Crippen molar-refractivity contribution in [1.82, 2.24) is 0 Å². The van der Waals surface area contributed by atoms with Gasteiger partial charge in [-0.1, -0.05) is 5.57 Å². The van der Waals surface area contributed by atoms with E-state index in [1.807, 2.05) is 19.9 Å². The molecule has 1 atom stereocenters. The molecule has 0 spiro atoms. The van der Waals surface area contributed by atoms with Crippen LogP contribution in [0.5, 0.6) is 0 Å². The molecule has 0 saturated carbocycles. The van der Waals surface area contributed by atoms with Gasteiger partial charge in [0.1, 0.15) is 6.07 Å². The van der Waals surface area contributed by atoms with E-state index in [1.165, 1.54) is 6.92 Å². The Kier molecular flexibility index (Phi) is 4.06. The molecular weight excluding hydrogens is 154 g/mol. The monoisotopic (exact) mass is 167 g/mol. The fourth-order valence-corrected chi connectivity index (χ4v) is 0.479. The van der Waals surface area contributed by atoms with Gasteiger partial charge in [0.05, 0.1) is 0 Å². The first-order valence-electron chi connectivity index (χ1n) is 3.73. The molecular formula is C9H13NO2. The van der Waals surface area contributed by atoms with Crippen molar-refractivity contribution in [2.24, 2.45) is 0 Å². The van der Waals surface area contributed by atoms with Crippen LogP contribution in [0.25, 0.3) is 0 Å². The summed E-state index contributed by atoms with van der Waals surface area (Å²) in [5, 5.41) is 8.36. The molecule has 0 heterocycles. The molecule has 3 heteroatoms. The molecule has 0 saturated heterocycles. The van der Waals surface area contributed by atoms with Gasteiger partial charge in [-0.3, -0.25) is 0 Å². The molecule has 0 radical (unpaired) electrons. The lowest BCUT2D eigenvalue weighted by Crippen LogP contribution is -2.14. The minimum Gasteiger partial charge on any atom is -0.444 e. The minimum atomic E-state index is -0.674. The van der Waals surface area contributed by atoms with Crippen LogP contribution in [0, 0.1) is 11.3 Å². The first kappa shape index (κ1) is 10.7. The van der Waals surface area contributed by atoms with Gasteiger partial charge >= 0.3 is 5.97 Å². The van der Waals surface area contributed by atoms with Crippen LogP contribution < -0.4 is 0 Å². The highest BCUT2D eigenvalue weighted by Crippen LogP contribution is 2.05. The Morgan fingerprint density at radius 3 is 2.25 bits per heavy atom. The fourth-order valence-electron chi connectivity index (χ4n) is 0.479. The summed E-state index contributed by atoms with van der Waals surface area (Å²) in [4.78, 5) is 11.1. The van der Waals surface area contributed by atoms with Crippen molar-refractivity contribution in [2.75, 3.05) is 0 Å². The average molecular weight is 167 g/mol. The van der Waals surface area contributed by atoms with Gasteiger partial charge in [0, 0.05) is 5.57 Å². The first-order chi connectivity index (χ1) is 5.49. The number of ether oxygens (including phenoxy) is 1. The Morgan fingerprint density at radius 1 is 1.42 bits per heavy atom. The third kappa shape index (κ3) is 3.20. The predicted molar refractivity (Wildman–Crippen MR) is 45.2 cm³/mol. The molecule has 0 aliphatic carbocycles. The maximum absolute atomic E-state index is 11.1. The summed E-state index contributed by atoms with van der Waals surface area (Å²) in [5.74, 6) is -0.413. The second-order valence-electron chi connectivity index (χ2n) is 2.80. The van der Waals surface area contributed by atoms with E-state index < -0.39 is 12.1 Å². The SMILES string of the molecule is CC(C)=C(C)C(=O)OC(C)C#N. The number of carbonyl (C=O) groups excluding carboxylic acids is 1. The lowest BCUT2D eigenvalue weighted by atomic mass is 10.2.